The molecule has 140 valence electrons. The first kappa shape index (κ1) is 18.4. The first-order chi connectivity index (χ1) is 13.0. The molecule has 1 saturated heterocycles. The largest absolute Gasteiger partial charge is 0.377 e. The predicted octanol–water partition coefficient (Wildman–Crippen LogP) is 2.69. The Hall–Kier alpha value is -3.35. The molecule has 2 aromatic carbocycles. The van der Waals surface area contributed by atoms with Crippen LogP contribution in [0.25, 0.3) is 0 Å². The number of hydrogen-bond donors (Lipinski definition) is 2. The molecule has 27 heavy (non-hydrogen) atoms. The van der Waals surface area contributed by atoms with Gasteiger partial charge in [-0.15, -0.1) is 0 Å². The minimum Gasteiger partial charge on any atom is -0.377 e. The van der Waals surface area contributed by atoms with E-state index >= 15 is 0 Å². The summed E-state index contributed by atoms with van der Waals surface area (Å²) in [5.41, 5.74) is 2.53. The number of nitrogens with one attached hydrogen (secondary N) is 2. The lowest BCUT2D eigenvalue weighted by atomic mass is 10.1. The van der Waals surface area contributed by atoms with E-state index in [9.17, 15) is 14.4 Å². The molecule has 4 amide bonds. The van der Waals surface area contributed by atoms with Crippen LogP contribution in [-0.4, -0.2) is 47.8 Å². The highest BCUT2D eigenvalue weighted by Crippen LogP contribution is 2.26. The molecular formula is C20H22N4O3. The molecule has 0 spiro atoms. The van der Waals surface area contributed by atoms with Crippen LogP contribution in [0.2, 0.25) is 0 Å². The molecule has 7 heteroatoms. The maximum Gasteiger partial charge on any atom is 0.327 e. The highest BCUT2D eigenvalue weighted by molar-refractivity contribution is 6.04. The van der Waals surface area contributed by atoms with Crippen LogP contribution in [0, 0.1) is 0 Å². The van der Waals surface area contributed by atoms with Crippen molar-refractivity contribution in [3.63, 3.8) is 0 Å². The van der Waals surface area contributed by atoms with E-state index < -0.39 is 6.03 Å². The van der Waals surface area contributed by atoms with Gasteiger partial charge in [0.05, 0.1) is 11.4 Å². The maximum atomic E-state index is 12.4. The Morgan fingerprint density at radius 2 is 1.67 bits per heavy atom. The minimum absolute atomic E-state index is 0.0516. The fraction of sp³-hybridized carbons (Fsp3) is 0.250. The molecule has 0 bridgehead atoms. The summed E-state index contributed by atoms with van der Waals surface area (Å²) in [4.78, 5) is 38.1. The number of para-hydroxylation sites is 2. The van der Waals surface area contributed by atoms with Gasteiger partial charge in [-0.05, 0) is 24.6 Å². The first-order valence-corrected chi connectivity index (χ1v) is 8.71. The molecule has 1 atom stereocenters. The van der Waals surface area contributed by atoms with Crippen molar-refractivity contribution < 1.29 is 14.4 Å². The number of benzene rings is 2. The van der Waals surface area contributed by atoms with Crippen LogP contribution in [0.5, 0.6) is 0 Å². The topological polar surface area (TPSA) is 81.8 Å². The lowest BCUT2D eigenvalue weighted by Crippen LogP contribution is -2.36. The molecule has 1 aliphatic rings. The SMILES string of the molecule is C[C@H](Nc1ccccc1NC(=O)CN1CC(=O)N(C)C1=O)c1ccccc1. The molecule has 1 heterocycles. The molecule has 1 fully saturated rings. The molecule has 0 unspecified atom stereocenters. The molecule has 0 aliphatic carbocycles. The number of anilines is 2. The van der Waals surface area contributed by atoms with Gasteiger partial charge in [0.15, 0.2) is 0 Å². The van der Waals surface area contributed by atoms with Crippen LogP contribution in [0.15, 0.2) is 54.6 Å². The smallest absolute Gasteiger partial charge is 0.327 e. The average Bonchev–Trinajstić information content (AvgIpc) is 2.90. The monoisotopic (exact) mass is 366 g/mol. The first-order valence-electron chi connectivity index (χ1n) is 8.71. The van der Waals surface area contributed by atoms with Crippen molar-refractivity contribution in [3.8, 4) is 0 Å². The molecule has 7 nitrogen and oxygen atoms in total. The Balaban J connectivity index is 1.66. The van der Waals surface area contributed by atoms with Crippen molar-refractivity contribution in [1.82, 2.24) is 9.80 Å². The van der Waals surface area contributed by atoms with Crippen LogP contribution >= 0.6 is 0 Å². The van der Waals surface area contributed by atoms with E-state index in [4.69, 9.17) is 0 Å². The number of amides is 4. The lowest BCUT2D eigenvalue weighted by molar-refractivity contribution is -0.124. The summed E-state index contributed by atoms with van der Waals surface area (Å²) in [5.74, 6) is -0.667. The van der Waals surface area contributed by atoms with Crippen molar-refractivity contribution in [2.45, 2.75) is 13.0 Å². The lowest BCUT2D eigenvalue weighted by Gasteiger charge is -2.20. The summed E-state index contributed by atoms with van der Waals surface area (Å²) in [5, 5.41) is 6.21. The van der Waals surface area contributed by atoms with Crippen LogP contribution in [-0.2, 0) is 9.59 Å². The van der Waals surface area contributed by atoms with E-state index in [-0.39, 0.29) is 30.9 Å². The van der Waals surface area contributed by atoms with E-state index in [2.05, 4.69) is 10.6 Å². The van der Waals surface area contributed by atoms with E-state index in [1.807, 2.05) is 55.5 Å². The Morgan fingerprint density at radius 1 is 1.04 bits per heavy atom. The Morgan fingerprint density at radius 3 is 2.30 bits per heavy atom. The maximum absolute atomic E-state index is 12.4. The van der Waals surface area contributed by atoms with Gasteiger partial charge in [-0.1, -0.05) is 42.5 Å². The van der Waals surface area contributed by atoms with Gasteiger partial charge in [0.25, 0.3) is 0 Å². The normalized spacial score (nSPS) is 15.0. The number of urea groups is 1. The van der Waals surface area contributed by atoms with Gasteiger partial charge in [0.2, 0.25) is 11.8 Å². The molecule has 2 aromatic rings. The standard InChI is InChI=1S/C20H22N4O3/c1-14(15-8-4-3-5-9-15)21-16-10-6-7-11-17(16)22-18(25)12-24-13-19(26)23(2)20(24)27/h3-11,14,21H,12-13H2,1-2H3,(H,22,25)/t14-/m0/s1. The third-order valence-electron chi connectivity index (χ3n) is 4.46. The van der Waals surface area contributed by atoms with Crippen molar-refractivity contribution in [2.75, 3.05) is 30.8 Å². The summed E-state index contributed by atoms with van der Waals surface area (Å²) >= 11 is 0. The molecule has 2 N–H and O–H groups in total. The van der Waals surface area contributed by atoms with Gasteiger partial charge in [-0.3, -0.25) is 14.5 Å². The Bertz CT molecular complexity index is 853. The van der Waals surface area contributed by atoms with Gasteiger partial charge in [0.1, 0.15) is 13.1 Å². The quantitative estimate of drug-likeness (QED) is 0.770. The zero-order valence-corrected chi connectivity index (χ0v) is 15.3. The second-order valence-corrected chi connectivity index (χ2v) is 6.46. The minimum atomic E-state index is -0.459. The van der Waals surface area contributed by atoms with Crippen LogP contribution in [0.3, 0.4) is 0 Å². The number of hydrogen-bond acceptors (Lipinski definition) is 4. The predicted molar refractivity (Wildman–Crippen MR) is 103 cm³/mol. The molecule has 0 aromatic heterocycles. The van der Waals surface area contributed by atoms with Crippen molar-refractivity contribution >= 4 is 29.2 Å². The Kier molecular flexibility index (Phi) is 5.40. The number of carbonyl (C=O) groups excluding carboxylic acids is 3. The Labute approximate surface area is 158 Å². The number of rotatable bonds is 6. The van der Waals surface area contributed by atoms with Gasteiger partial charge in [0, 0.05) is 13.1 Å². The van der Waals surface area contributed by atoms with E-state index in [1.54, 1.807) is 6.07 Å². The van der Waals surface area contributed by atoms with Crippen LogP contribution in [0.1, 0.15) is 18.5 Å². The van der Waals surface area contributed by atoms with Gasteiger partial charge >= 0.3 is 6.03 Å². The van der Waals surface area contributed by atoms with E-state index in [1.165, 1.54) is 11.9 Å². The highest BCUT2D eigenvalue weighted by atomic mass is 16.2. The third-order valence-corrected chi connectivity index (χ3v) is 4.46. The summed E-state index contributed by atoms with van der Waals surface area (Å²) in [7, 11) is 1.41. The number of likely N-dealkylation sites (N-methyl/N-ethyl adjacent to an activating group) is 1. The van der Waals surface area contributed by atoms with E-state index in [0.717, 1.165) is 16.2 Å². The highest BCUT2D eigenvalue weighted by Gasteiger charge is 2.34. The second-order valence-electron chi connectivity index (χ2n) is 6.46. The summed E-state index contributed by atoms with van der Waals surface area (Å²) in [6, 6.07) is 17.0. The van der Waals surface area contributed by atoms with Gasteiger partial charge in [-0.2, -0.15) is 0 Å². The third kappa shape index (κ3) is 4.25. The average molecular weight is 366 g/mol. The summed E-state index contributed by atoms with van der Waals surface area (Å²) in [6.07, 6.45) is 0. The zero-order valence-electron chi connectivity index (χ0n) is 15.3. The van der Waals surface area contributed by atoms with Crippen molar-refractivity contribution in [3.05, 3.63) is 60.2 Å². The van der Waals surface area contributed by atoms with Crippen molar-refractivity contribution in [2.24, 2.45) is 0 Å². The number of carbonyl (C=O) groups is 3. The number of imide groups is 1. The molecule has 0 saturated carbocycles. The molecule has 0 radical (unpaired) electrons. The van der Waals surface area contributed by atoms with Crippen LogP contribution < -0.4 is 10.6 Å². The summed E-state index contributed by atoms with van der Waals surface area (Å²) < 4.78 is 0. The summed E-state index contributed by atoms with van der Waals surface area (Å²) in [6.45, 7) is 1.80. The van der Waals surface area contributed by atoms with Crippen LogP contribution in [0.4, 0.5) is 16.2 Å². The van der Waals surface area contributed by atoms with Crippen molar-refractivity contribution in [1.29, 1.82) is 0 Å². The fourth-order valence-corrected chi connectivity index (χ4v) is 2.92. The molecule has 3 rings (SSSR count). The second kappa shape index (κ2) is 7.90. The molecule has 1 aliphatic heterocycles. The van der Waals surface area contributed by atoms with Gasteiger partial charge in [-0.25, -0.2) is 4.79 Å². The van der Waals surface area contributed by atoms with E-state index in [0.29, 0.717) is 5.69 Å². The fourth-order valence-electron chi connectivity index (χ4n) is 2.92. The van der Waals surface area contributed by atoms with Gasteiger partial charge < -0.3 is 15.5 Å². The molecular weight excluding hydrogens is 344 g/mol. The zero-order chi connectivity index (χ0) is 19.4. The number of nitrogens with zero attached hydrogens (tertiary/aromatic N) is 2.